The van der Waals surface area contributed by atoms with Crippen LogP contribution in [0.1, 0.15) is 31.7 Å². The van der Waals surface area contributed by atoms with E-state index in [0.717, 1.165) is 5.56 Å². The largest absolute Gasteiger partial charge is 0.399 e. The van der Waals surface area contributed by atoms with Crippen LogP contribution in [0.3, 0.4) is 0 Å². The fourth-order valence-corrected chi connectivity index (χ4v) is 3.90. The average Bonchev–Trinajstić information content (AvgIpc) is 2.54. The van der Waals surface area contributed by atoms with Gasteiger partial charge in [0.05, 0.1) is 5.75 Å². The number of aryl methyl sites for hydroxylation is 1. The highest BCUT2D eigenvalue weighted by molar-refractivity contribution is 7.89. The molecule has 0 atom stereocenters. The minimum absolute atomic E-state index is 0. The van der Waals surface area contributed by atoms with Crippen molar-refractivity contribution < 1.29 is 13.2 Å². The first kappa shape index (κ1) is 20.7. The highest BCUT2D eigenvalue weighted by Gasteiger charge is 2.27. The number of carbonyl (C=O) groups is 1. The molecule has 0 aliphatic carbocycles. The van der Waals surface area contributed by atoms with Gasteiger partial charge in [-0.25, -0.2) is 12.7 Å². The molecule has 2 rings (SSSR count). The second-order valence-corrected chi connectivity index (χ2v) is 8.10. The molecule has 1 aliphatic rings. The van der Waals surface area contributed by atoms with E-state index in [4.69, 9.17) is 5.73 Å². The molecule has 1 aromatic rings. The summed E-state index contributed by atoms with van der Waals surface area (Å²) in [5.41, 5.74) is 7.55. The number of nitrogens with two attached hydrogens (primary N) is 1. The van der Waals surface area contributed by atoms with Gasteiger partial charge in [-0.1, -0.05) is 18.2 Å². The zero-order chi connectivity index (χ0) is 16.9. The number of para-hydroxylation sites is 1. The molecule has 24 heavy (non-hydrogen) atoms. The van der Waals surface area contributed by atoms with Crippen LogP contribution in [0.15, 0.2) is 24.3 Å². The van der Waals surface area contributed by atoms with Crippen LogP contribution in [0.2, 0.25) is 0 Å². The van der Waals surface area contributed by atoms with E-state index in [-0.39, 0.29) is 30.1 Å². The van der Waals surface area contributed by atoms with Crippen LogP contribution in [0, 0.1) is 0 Å². The molecule has 1 fully saturated rings. The molecular formula is C16H26ClN3O3S. The quantitative estimate of drug-likeness (QED) is 0.738. The molecule has 0 saturated carbocycles. The number of carbonyl (C=O) groups excluding carboxylic acids is 1. The lowest BCUT2D eigenvalue weighted by atomic mass is 10.0. The first-order valence-corrected chi connectivity index (χ1v) is 9.64. The molecule has 0 unspecified atom stereocenters. The molecule has 0 radical (unpaired) electrons. The van der Waals surface area contributed by atoms with E-state index in [1.807, 2.05) is 24.3 Å². The summed E-state index contributed by atoms with van der Waals surface area (Å²) < 4.78 is 25.1. The Bertz CT molecular complexity index is 644. The van der Waals surface area contributed by atoms with Crippen LogP contribution in [0.25, 0.3) is 0 Å². The number of rotatable bonds is 6. The van der Waals surface area contributed by atoms with Crippen molar-refractivity contribution in [2.45, 2.75) is 38.6 Å². The maximum Gasteiger partial charge on any atom is 0.220 e. The molecule has 1 aliphatic heterocycles. The van der Waals surface area contributed by atoms with Gasteiger partial charge in [-0.3, -0.25) is 4.79 Å². The van der Waals surface area contributed by atoms with Crippen molar-refractivity contribution in [2.75, 3.05) is 24.6 Å². The molecule has 0 spiro atoms. The van der Waals surface area contributed by atoms with Gasteiger partial charge < -0.3 is 11.1 Å². The Morgan fingerprint density at radius 3 is 2.50 bits per heavy atom. The molecule has 1 amide bonds. The number of nitrogens with zero attached hydrogens (tertiary/aromatic N) is 1. The van der Waals surface area contributed by atoms with E-state index in [1.165, 1.54) is 4.31 Å². The van der Waals surface area contributed by atoms with Crippen LogP contribution in [0.4, 0.5) is 5.69 Å². The van der Waals surface area contributed by atoms with Gasteiger partial charge in [0.1, 0.15) is 0 Å². The first-order chi connectivity index (χ1) is 10.9. The highest BCUT2D eigenvalue weighted by Crippen LogP contribution is 2.16. The van der Waals surface area contributed by atoms with Crippen LogP contribution in [-0.4, -0.2) is 43.5 Å². The fourth-order valence-electron chi connectivity index (χ4n) is 2.77. The van der Waals surface area contributed by atoms with Gasteiger partial charge in [0.15, 0.2) is 0 Å². The Hall–Kier alpha value is -1.31. The summed E-state index contributed by atoms with van der Waals surface area (Å²) >= 11 is 0. The average molecular weight is 376 g/mol. The van der Waals surface area contributed by atoms with Gasteiger partial charge in [-0.2, -0.15) is 0 Å². The number of benzene rings is 1. The Morgan fingerprint density at radius 1 is 1.29 bits per heavy atom. The molecule has 0 aromatic heterocycles. The summed E-state index contributed by atoms with van der Waals surface area (Å²) in [6.07, 6.45) is 2.33. The molecule has 3 N–H and O–H groups in total. The number of sulfonamides is 1. The predicted octanol–water partition coefficient (Wildman–Crippen LogP) is 1.55. The third-order valence-electron chi connectivity index (χ3n) is 4.25. The maximum atomic E-state index is 12.0. The van der Waals surface area contributed by atoms with Crippen LogP contribution in [-0.2, 0) is 21.2 Å². The minimum atomic E-state index is -3.12. The summed E-state index contributed by atoms with van der Waals surface area (Å²) in [6, 6.07) is 7.59. The summed E-state index contributed by atoms with van der Waals surface area (Å²) in [4.78, 5) is 12.0. The lowest BCUT2D eigenvalue weighted by Crippen LogP contribution is -2.46. The van der Waals surface area contributed by atoms with Gasteiger partial charge in [0, 0.05) is 31.2 Å². The van der Waals surface area contributed by atoms with E-state index >= 15 is 0 Å². The van der Waals surface area contributed by atoms with E-state index < -0.39 is 10.0 Å². The van der Waals surface area contributed by atoms with Crippen molar-refractivity contribution in [1.82, 2.24) is 9.62 Å². The smallest absolute Gasteiger partial charge is 0.220 e. The van der Waals surface area contributed by atoms with E-state index in [2.05, 4.69) is 5.32 Å². The summed E-state index contributed by atoms with van der Waals surface area (Å²) in [5, 5.41) is 3.00. The number of hydrogen-bond donors (Lipinski definition) is 2. The Balaban J connectivity index is 0.00000288. The molecule has 0 bridgehead atoms. The number of piperidine rings is 1. The molecule has 1 aromatic carbocycles. The van der Waals surface area contributed by atoms with Gasteiger partial charge in [0.2, 0.25) is 15.9 Å². The highest BCUT2D eigenvalue weighted by atomic mass is 35.5. The molecule has 136 valence electrons. The summed E-state index contributed by atoms with van der Waals surface area (Å²) in [6.45, 7) is 2.61. The van der Waals surface area contributed by atoms with Gasteiger partial charge in [0.25, 0.3) is 0 Å². The number of nitrogens with one attached hydrogen (secondary N) is 1. The molecular weight excluding hydrogens is 350 g/mol. The van der Waals surface area contributed by atoms with E-state index in [9.17, 15) is 13.2 Å². The van der Waals surface area contributed by atoms with Crippen molar-refractivity contribution in [2.24, 2.45) is 0 Å². The molecule has 1 heterocycles. The number of hydrogen-bond acceptors (Lipinski definition) is 4. The second-order valence-electron chi connectivity index (χ2n) is 5.84. The zero-order valence-electron chi connectivity index (χ0n) is 13.9. The summed E-state index contributed by atoms with van der Waals surface area (Å²) in [7, 11) is -3.12. The third-order valence-corrected chi connectivity index (χ3v) is 6.14. The second kappa shape index (κ2) is 9.25. The SMILES string of the molecule is CCS(=O)(=O)N1CCC(NC(=O)CCc2ccccc2N)CC1.Cl. The minimum Gasteiger partial charge on any atom is -0.399 e. The standard InChI is InChI=1S/C16H25N3O3S.ClH/c1-2-23(21,22)19-11-9-14(10-12-19)18-16(20)8-7-13-5-3-4-6-15(13)17;/h3-6,14H,2,7-12,17H2,1H3,(H,18,20);1H. The Morgan fingerprint density at radius 2 is 1.92 bits per heavy atom. The van der Waals surface area contributed by atoms with Crippen LogP contribution in [0.5, 0.6) is 0 Å². The van der Waals surface area contributed by atoms with Crippen LogP contribution < -0.4 is 11.1 Å². The molecule has 6 nitrogen and oxygen atoms in total. The molecule has 8 heteroatoms. The lowest BCUT2D eigenvalue weighted by molar-refractivity contribution is -0.122. The number of halogens is 1. The van der Waals surface area contributed by atoms with Gasteiger partial charge >= 0.3 is 0 Å². The topological polar surface area (TPSA) is 92.5 Å². The lowest BCUT2D eigenvalue weighted by Gasteiger charge is -2.31. The van der Waals surface area contributed by atoms with Gasteiger partial charge in [-0.05, 0) is 37.8 Å². The Kier molecular flexibility index (Phi) is 7.99. The van der Waals surface area contributed by atoms with Crippen molar-refractivity contribution in [3.05, 3.63) is 29.8 Å². The zero-order valence-corrected chi connectivity index (χ0v) is 15.5. The Labute approximate surface area is 150 Å². The third kappa shape index (κ3) is 5.65. The number of anilines is 1. The monoisotopic (exact) mass is 375 g/mol. The number of amides is 1. The molecule has 1 saturated heterocycles. The van der Waals surface area contributed by atoms with E-state index in [0.29, 0.717) is 44.5 Å². The normalized spacial score (nSPS) is 16.4. The number of nitrogen functional groups attached to an aromatic ring is 1. The first-order valence-electron chi connectivity index (χ1n) is 8.03. The van der Waals surface area contributed by atoms with Crippen molar-refractivity contribution in [3.63, 3.8) is 0 Å². The summed E-state index contributed by atoms with van der Waals surface area (Å²) in [5.74, 6) is 0.118. The van der Waals surface area contributed by atoms with E-state index in [1.54, 1.807) is 6.92 Å². The maximum absolute atomic E-state index is 12.0. The fraction of sp³-hybridized carbons (Fsp3) is 0.562. The van der Waals surface area contributed by atoms with Crippen molar-refractivity contribution in [1.29, 1.82) is 0 Å². The predicted molar refractivity (Wildman–Crippen MR) is 98.6 cm³/mol. The van der Waals surface area contributed by atoms with Crippen LogP contribution >= 0.6 is 12.4 Å². The van der Waals surface area contributed by atoms with Gasteiger partial charge in [-0.15, -0.1) is 12.4 Å². The van der Waals surface area contributed by atoms with Crippen molar-refractivity contribution in [3.8, 4) is 0 Å². The van der Waals surface area contributed by atoms with Crippen molar-refractivity contribution >= 4 is 34.0 Å².